The lowest BCUT2D eigenvalue weighted by atomic mass is 10.0. The van der Waals surface area contributed by atoms with E-state index < -0.39 is 11.8 Å². The number of ether oxygens (including phenoxy) is 2. The fraction of sp³-hybridized carbons (Fsp3) is 0.200. The number of rotatable bonds is 8. The second kappa shape index (κ2) is 10.3. The van der Waals surface area contributed by atoms with Crippen molar-refractivity contribution in [3.63, 3.8) is 0 Å². The summed E-state index contributed by atoms with van der Waals surface area (Å²) in [5.41, 5.74) is 2.42. The summed E-state index contributed by atoms with van der Waals surface area (Å²) in [6.07, 6.45) is 2.98. The number of hydrogen-bond acceptors (Lipinski definition) is 5. The molecule has 0 aliphatic heterocycles. The molecule has 0 bridgehead atoms. The summed E-state index contributed by atoms with van der Waals surface area (Å²) in [7, 11) is 3.00. The number of furan rings is 1. The molecule has 1 atom stereocenters. The molecule has 1 heterocycles. The van der Waals surface area contributed by atoms with E-state index in [4.69, 9.17) is 13.9 Å². The molecule has 0 fully saturated rings. The minimum absolute atomic E-state index is 0.0557. The summed E-state index contributed by atoms with van der Waals surface area (Å²) >= 11 is 0. The topological polar surface area (TPSA) is 89.8 Å². The van der Waals surface area contributed by atoms with Gasteiger partial charge in [0.2, 0.25) is 0 Å². The molecule has 3 rings (SSSR count). The second-order valence-corrected chi connectivity index (χ2v) is 7.15. The van der Waals surface area contributed by atoms with Gasteiger partial charge in [-0.05, 0) is 55.3 Å². The predicted octanol–water partition coefficient (Wildman–Crippen LogP) is 4.25. The normalized spacial score (nSPS) is 12.1. The number of amides is 2. The third-order valence-corrected chi connectivity index (χ3v) is 4.97. The molecule has 32 heavy (non-hydrogen) atoms. The van der Waals surface area contributed by atoms with Gasteiger partial charge < -0.3 is 24.5 Å². The Hall–Kier alpha value is -4.00. The highest BCUT2D eigenvalue weighted by molar-refractivity contribution is 6.05. The van der Waals surface area contributed by atoms with Crippen molar-refractivity contribution >= 4 is 17.9 Å². The Kier molecular flexibility index (Phi) is 7.33. The number of carbonyl (C=O) groups excluding carboxylic acids is 2. The fourth-order valence-corrected chi connectivity index (χ4v) is 3.27. The van der Waals surface area contributed by atoms with Crippen molar-refractivity contribution in [2.24, 2.45) is 0 Å². The molecule has 0 spiro atoms. The molecular formula is C25H26N2O5. The summed E-state index contributed by atoms with van der Waals surface area (Å²) in [6.45, 7) is 3.87. The second-order valence-electron chi connectivity index (χ2n) is 7.15. The summed E-state index contributed by atoms with van der Waals surface area (Å²) < 4.78 is 15.8. The average Bonchev–Trinajstić information content (AvgIpc) is 3.31. The van der Waals surface area contributed by atoms with Crippen LogP contribution < -0.4 is 20.1 Å². The Morgan fingerprint density at radius 1 is 1.00 bits per heavy atom. The molecule has 0 radical (unpaired) electrons. The van der Waals surface area contributed by atoms with Gasteiger partial charge in [-0.3, -0.25) is 9.59 Å². The van der Waals surface area contributed by atoms with Crippen molar-refractivity contribution in [1.82, 2.24) is 10.6 Å². The van der Waals surface area contributed by atoms with Gasteiger partial charge in [0, 0.05) is 11.6 Å². The first kappa shape index (κ1) is 22.7. The number of nitrogens with one attached hydrogen (secondary N) is 2. The third kappa shape index (κ3) is 5.37. The molecule has 1 unspecified atom stereocenters. The van der Waals surface area contributed by atoms with Gasteiger partial charge in [-0.25, -0.2) is 0 Å². The standard InChI is InChI=1S/C25H26N2O5/c1-16-8-5-6-10-20(16)17(2)26-25(29)21(15-19-9-7-13-32-19)27-24(28)18-11-12-22(30-3)23(14-18)31-4/h5-15,17H,1-4H3,(H,26,29)(H,27,28)/b21-15-. The number of methoxy groups -OCH3 is 2. The van der Waals surface area contributed by atoms with Gasteiger partial charge in [0.25, 0.3) is 11.8 Å². The van der Waals surface area contributed by atoms with Crippen molar-refractivity contribution in [3.8, 4) is 11.5 Å². The summed E-state index contributed by atoms with van der Waals surface area (Å²) in [5.74, 6) is 0.439. The zero-order valence-electron chi connectivity index (χ0n) is 18.5. The van der Waals surface area contributed by atoms with Gasteiger partial charge in [0.15, 0.2) is 11.5 Å². The van der Waals surface area contributed by atoms with E-state index in [1.807, 2.05) is 38.1 Å². The molecule has 2 amide bonds. The van der Waals surface area contributed by atoms with E-state index in [1.54, 1.807) is 30.3 Å². The molecule has 7 heteroatoms. The Balaban J connectivity index is 1.84. The largest absolute Gasteiger partial charge is 0.493 e. The van der Waals surface area contributed by atoms with Crippen molar-refractivity contribution in [2.45, 2.75) is 19.9 Å². The highest BCUT2D eigenvalue weighted by atomic mass is 16.5. The van der Waals surface area contributed by atoms with E-state index in [0.717, 1.165) is 11.1 Å². The molecule has 1 aromatic heterocycles. The van der Waals surface area contributed by atoms with Crippen LogP contribution in [0.15, 0.2) is 71.0 Å². The van der Waals surface area contributed by atoms with Crippen LogP contribution in [0.25, 0.3) is 6.08 Å². The quantitative estimate of drug-likeness (QED) is 0.517. The van der Waals surface area contributed by atoms with E-state index in [9.17, 15) is 9.59 Å². The van der Waals surface area contributed by atoms with Crippen LogP contribution in [0.4, 0.5) is 0 Å². The van der Waals surface area contributed by atoms with Gasteiger partial charge in [-0.15, -0.1) is 0 Å². The molecular weight excluding hydrogens is 408 g/mol. The van der Waals surface area contributed by atoms with E-state index in [1.165, 1.54) is 26.6 Å². The summed E-state index contributed by atoms with van der Waals surface area (Å²) in [6, 6.07) is 15.7. The Labute approximate surface area is 187 Å². The van der Waals surface area contributed by atoms with Crippen molar-refractivity contribution in [3.05, 3.63) is 89.0 Å². The maximum Gasteiger partial charge on any atom is 0.268 e. The zero-order valence-corrected chi connectivity index (χ0v) is 18.5. The maximum atomic E-state index is 13.1. The molecule has 2 N–H and O–H groups in total. The van der Waals surface area contributed by atoms with Crippen molar-refractivity contribution < 1.29 is 23.5 Å². The Morgan fingerprint density at radius 3 is 2.41 bits per heavy atom. The molecule has 3 aromatic rings. The smallest absolute Gasteiger partial charge is 0.268 e. The minimum Gasteiger partial charge on any atom is -0.493 e. The Bertz CT molecular complexity index is 1120. The number of aryl methyl sites for hydroxylation is 1. The molecule has 0 saturated carbocycles. The van der Waals surface area contributed by atoms with Crippen molar-refractivity contribution in [2.75, 3.05) is 14.2 Å². The van der Waals surface area contributed by atoms with Gasteiger partial charge >= 0.3 is 0 Å². The fourth-order valence-electron chi connectivity index (χ4n) is 3.27. The first-order valence-corrected chi connectivity index (χ1v) is 10.1. The zero-order chi connectivity index (χ0) is 23.1. The third-order valence-electron chi connectivity index (χ3n) is 4.97. The lowest BCUT2D eigenvalue weighted by molar-refractivity contribution is -0.118. The van der Waals surface area contributed by atoms with Crippen LogP contribution in [-0.4, -0.2) is 26.0 Å². The Morgan fingerprint density at radius 2 is 1.75 bits per heavy atom. The number of carbonyl (C=O) groups is 2. The van der Waals surface area contributed by atoms with Crippen LogP contribution in [0.3, 0.4) is 0 Å². The SMILES string of the molecule is COc1ccc(C(=O)N/C(=C\c2ccco2)C(=O)NC(C)c2ccccc2C)cc1OC. The molecule has 0 saturated heterocycles. The van der Waals surface area contributed by atoms with Crippen LogP contribution in [0.1, 0.15) is 40.2 Å². The molecule has 7 nitrogen and oxygen atoms in total. The number of hydrogen-bond donors (Lipinski definition) is 2. The van der Waals surface area contributed by atoms with Crippen LogP contribution >= 0.6 is 0 Å². The van der Waals surface area contributed by atoms with Crippen LogP contribution in [-0.2, 0) is 4.79 Å². The van der Waals surface area contributed by atoms with Crippen LogP contribution in [0, 0.1) is 6.92 Å². The molecule has 0 aliphatic rings. The highest BCUT2D eigenvalue weighted by Crippen LogP contribution is 2.27. The van der Waals surface area contributed by atoms with Gasteiger partial charge in [0.05, 0.1) is 26.5 Å². The van der Waals surface area contributed by atoms with Gasteiger partial charge in [-0.2, -0.15) is 0 Å². The average molecular weight is 434 g/mol. The molecule has 0 aliphatic carbocycles. The molecule has 166 valence electrons. The van der Waals surface area contributed by atoms with Crippen LogP contribution in [0.5, 0.6) is 11.5 Å². The minimum atomic E-state index is -0.470. The first-order valence-electron chi connectivity index (χ1n) is 10.1. The maximum absolute atomic E-state index is 13.1. The first-order chi connectivity index (χ1) is 15.4. The number of benzene rings is 2. The van der Waals surface area contributed by atoms with E-state index >= 15 is 0 Å². The van der Waals surface area contributed by atoms with Gasteiger partial charge in [0.1, 0.15) is 11.5 Å². The van der Waals surface area contributed by atoms with Crippen molar-refractivity contribution in [1.29, 1.82) is 0 Å². The summed E-state index contributed by atoms with van der Waals surface area (Å²) in [5, 5.41) is 5.62. The van der Waals surface area contributed by atoms with Gasteiger partial charge in [-0.1, -0.05) is 24.3 Å². The van der Waals surface area contributed by atoms with E-state index in [2.05, 4.69) is 10.6 Å². The molecule has 2 aromatic carbocycles. The predicted molar refractivity (Wildman–Crippen MR) is 121 cm³/mol. The highest BCUT2D eigenvalue weighted by Gasteiger charge is 2.19. The van der Waals surface area contributed by atoms with E-state index in [0.29, 0.717) is 22.8 Å². The van der Waals surface area contributed by atoms with E-state index in [-0.39, 0.29) is 11.7 Å². The van der Waals surface area contributed by atoms with Crippen LogP contribution in [0.2, 0.25) is 0 Å². The summed E-state index contributed by atoms with van der Waals surface area (Å²) in [4.78, 5) is 26.0. The lowest BCUT2D eigenvalue weighted by Crippen LogP contribution is -2.36. The monoisotopic (exact) mass is 434 g/mol. The lowest BCUT2D eigenvalue weighted by Gasteiger charge is -2.18.